The summed E-state index contributed by atoms with van der Waals surface area (Å²) >= 11 is 4.64. The number of aromatic nitrogens is 4. The third-order valence-corrected chi connectivity index (χ3v) is 4.75. The highest BCUT2D eigenvalue weighted by molar-refractivity contribution is 6.15. The minimum Gasteiger partial charge on any atom is -0.433 e. The van der Waals surface area contributed by atoms with Gasteiger partial charge in [0.1, 0.15) is 6.26 Å². The van der Waals surface area contributed by atoms with Crippen molar-refractivity contribution in [3.63, 3.8) is 0 Å². The third kappa shape index (κ3) is 6.56. The van der Waals surface area contributed by atoms with Crippen LogP contribution in [-0.4, -0.2) is 48.6 Å². The SMILES string of the molecule is CCl.O=c1nc(Nc2ccc(Oc3ccon3)c(F)c2)n(Cc2ccccc2)c(=O)n1C[C@H](O)CO. The zero-order valence-electron chi connectivity index (χ0n) is 19.0. The maximum absolute atomic E-state index is 14.6. The van der Waals surface area contributed by atoms with Crippen LogP contribution in [0.3, 0.4) is 0 Å². The van der Waals surface area contributed by atoms with E-state index in [-0.39, 0.29) is 29.8 Å². The molecule has 2 aromatic carbocycles. The molecule has 0 spiro atoms. The quantitative estimate of drug-likeness (QED) is 0.284. The van der Waals surface area contributed by atoms with Gasteiger partial charge in [-0.15, -0.1) is 11.6 Å². The number of anilines is 2. The van der Waals surface area contributed by atoms with Crippen LogP contribution in [0.15, 0.2) is 75.0 Å². The molecule has 4 rings (SSSR count). The molecule has 190 valence electrons. The van der Waals surface area contributed by atoms with Gasteiger partial charge in [-0.05, 0) is 22.9 Å². The molecule has 13 heteroatoms. The first kappa shape index (κ1) is 26.6. The molecule has 0 bridgehead atoms. The summed E-state index contributed by atoms with van der Waals surface area (Å²) in [6.45, 7) is -1.02. The van der Waals surface area contributed by atoms with Gasteiger partial charge in [-0.3, -0.25) is 4.57 Å². The van der Waals surface area contributed by atoms with E-state index in [1.807, 2.05) is 6.07 Å². The summed E-state index contributed by atoms with van der Waals surface area (Å²) in [5.41, 5.74) is -0.753. The van der Waals surface area contributed by atoms with Crippen LogP contribution in [0.5, 0.6) is 11.6 Å². The van der Waals surface area contributed by atoms with Crippen molar-refractivity contribution in [3.8, 4) is 11.6 Å². The molecule has 3 N–H and O–H groups in total. The molecule has 0 radical (unpaired) electrons. The van der Waals surface area contributed by atoms with Crippen LogP contribution < -0.4 is 21.4 Å². The van der Waals surface area contributed by atoms with E-state index >= 15 is 0 Å². The van der Waals surface area contributed by atoms with Gasteiger partial charge in [0.25, 0.3) is 5.88 Å². The molecule has 2 aromatic heterocycles. The number of ether oxygens (including phenoxy) is 1. The van der Waals surface area contributed by atoms with Gasteiger partial charge in [-0.2, -0.15) is 4.98 Å². The fraction of sp³-hybridized carbons (Fsp3) is 0.217. The summed E-state index contributed by atoms with van der Waals surface area (Å²) in [6, 6.07) is 14.3. The second-order valence-corrected chi connectivity index (χ2v) is 7.23. The Hall–Kier alpha value is -4.00. The predicted octanol–water partition coefficient (Wildman–Crippen LogP) is 2.32. The molecule has 36 heavy (non-hydrogen) atoms. The summed E-state index contributed by atoms with van der Waals surface area (Å²) < 4.78 is 26.4. The average molecular weight is 520 g/mol. The van der Waals surface area contributed by atoms with Crippen molar-refractivity contribution in [1.82, 2.24) is 19.3 Å². The van der Waals surface area contributed by atoms with E-state index in [1.165, 1.54) is 35.4 Å². The monoisotopic (exact) mass is 519 g/mol. The number of aliphatic hydroxyl groups excluding tert-OH is 2. The topological polar surface area (TPSA) is 145 Å². The lowest BCUT2D eigenvalue weighted by molar-refractivity contribution is 0.0785. The van der Waals surface area contributed by atoms with Crippen molar-refractivity contribution in [2.24, 2.45) is 0 Å². The molecule has 11 nitrogen and oxygen atoms in total. The van der Waals surface area contributed by atoms with Gasteiger partial charge in [0.15, 0.2) is 11.6 Å². The van der Waals surface area contributed by atoms with Crippen LogP contribution in [0.25, 0.3) is 0 Å². The second kappa shape index (κ2) is 12.6. The summed E-state index contributed by atoms with van der Waals surface area (Å²) in [5.74, 6) is -0.892. The molecule has 0 unspecified atom stereocenters. The molecule has 0 amide bonds. The minimum atomic E-state index is -1.32. The molecule has 2 heterocycles. The van der Waals surface area contributed by atoms with E-state index in [0.717, 1.165) is 16.2 Å². The second-order valence-electron chi connectivity index (χ2n) is 7.23. The van der Waals surface area contributed by atoms with Crippen molar-refractivity contribution < 1.29 is 23.9 Å². The lowest BCUT2D eigenvalue weighted by Crippen LogP contribution is -2.45. The first-order chi connectivity index (χ1) is 17.4. The van der Waals surface area contributed by atoms with Crippen LogP contribution in [0, 0.1) is 5.82 Å². The van der Waals surface area contributed by atoms with Gasteiger partial charge in [0.05, 0.1) is 25.8 Å². The Kier molecular flexibility index (Phi) is 9.33. The molecule has 0 aliphatic rings. The summed E-state index contributed by atoms with van der Waals surface area (Å²) in [5, 5.41) is 25.2. The minimum absolute atomic E-state index is 0.0420. The Labute approximate surface area is 209 Å². The Bertz CT molecular complexity index is 1380. The Morgan fingerprint density at radius 1 is 1.14 bits per heavy atom. The molecule has 1 atom stereocenters. The van der Waals surface area contributed by atoms with E-state index in [0.29, 0.717) is 0 Å². The van der Waals surface area contributed by atoms with Gasteiger partial charge in [0.2, 0.25) is 5.95 Å². The number of rotatable bonds is 9. The number of nitrogens with zero attached hydrogens (tertiary/aromatic N) is 4. The number of aliphatic hydroxyl groups is 2. The maximum atomic E-state index is 14.6. The number of alkyl halides is 1. The van der Waals surface area contributed by atoms with Crippen molar-refractivity contribution >= 4 is 23.2 Å². The zero-order chi connectivity index (χ0) is 26.1. The fourth-order valence-corrected chi connectivity index (χ4v) is 3.12. The van der Waals surface area contributed by atoms with Crippen molar-refractivity contribution in [1.29, 1.82) is 0 Å². The molecule has 4 aromatic rings. The lowest BCUT2D eigenvalue weighted by atomic mass is 10.2. The van der Waals surface area contributed by atoms with Crippen LogP contribution in [-0.2, 0) is 13.1 Å². The van der Waals surface area contributed by atoms with Crippen LogP contribution in [0.4, 0.5) is 16.0 Å². The highest BCUT2D eigenvalue weighted by Crippen LogP contribution is 2.26. The number of hydrogen-bond acceptors (Lipinski definition) is 9. The molecule has 0 fully saturated rings. The van der Waals surface area contributed by atoms with Gasteiger partial charge in [-0.1, -0.05) is 30.3 Å². The normalized spacial score (nSPS) is 11.4. The number of nitrogens with one attached hydrogen (secondary N) is 1. The van der Waals surface area contributed by atoms with Crippen LogP contribution in [0.1, 0.15) is 5.56 Å². The van der Waals surface area contributed by atoms with E-state index in [1.54, 1.807) is 24.3 Å². The highest BCUT2D eigenvalue weighted by Gasteiger charge is 2.17. The molecular weight excluding hydrogens is 497 g/mol. The van der Waals surface area contributed by atoms with Gasteiger partial charge < -0.3 is 24.8 Å². The van der Waals surface area contributed by atoms with E-state index in [2.05, 4.69) is 31.6 Å². The zero-order valence-corrected chi connectivity index (χ0v) is 19.8. The number of halogens is 2. The summed E-state index contributed by atoms with van der Waals surface area (Å²) in [6.07, 6.45) is 1.44. The lowest BCUT2D eigenvalue weighted by Gasteiger charge is -2.17. The summed E-state index contributed by atoms with van der Waals surface area (Å²) in [7, 11) is 0. The predicted molar refractivity (Wildman–Crippen MR) is 129 cm³/mol. The molecule has 0 saturated carbocycles. The van der Waals surface area contributed by atoms with E-state index in [9.17, 15) is 19.1 Å². The fourth-order valence-electron chi connectivity index (χ4n) is 3.12. The number of benzene rings is 2. The first-order valence-electron chi connectivity index (χ1n) is 10.5. The third-order valence-electron chi connectivity index (χ3n) is 4.75. The average Bonchev–Trinajstić information content (AvgIpc) is 3.41. The molecule has 0 aliphatic heterocycles. The molecule has 0 aliphatic carbocycles. The Morgan fingerprint density at radius 2 is 1.89 bits per heavy atom. The van der Waals surface area contributed by atoms with Crippen LogP contribution in [0.2, 0.25) is 0 Å². The maximum Gasteiger partial charge on any atom is 0.355 e. The van der Waals surface area contributed by atoms with Crippen molar-refractivity contribution in [3.05, 3.63) is 93.2 Å². The first-order valence-corrected chi connectivity index (χ1v) is 11.3. The highest BCUT2D eigenvalue weighted by atomic mass is 35.5. The number of hydrogen-bond donors (Lipinski definition) is 3. The standard InChI is InChI=1S/C22H20FN5O6.CH3Cl/c23-17-10-15(6-7-18(17)34-19-8-9-33-26-19)24-20-25-21(31)28(12-16(30)13-29)22(32)27(20)11-14-4-2-1-3-5-14;1-2/h1-10,16,29-30H,11-13H2,(H,24,25,31);1H3/t16-;/m0./s1. The molecular formula is C23H23ClFN5O6. The molecule has 0 saturated heterocycles. The van der Waals surface area contributed by atoms with E-state index in [4.69, 9.17) is 9.84 Å². The smallest absolute Gasteiger partial charge is 0.355 e. The van der Waals surface area contributed by atoms with E-state index < -0.39 is 36.5 Å². The summed E-state index contributed by atoms with van der Waals surface area (Å²) in [4.78, 5) is 29.5. The Balaban J connectivity index is 0.00000176. The van der Waals surface area contributed by atoms with Crippen LogP contribution >= 0.6 is 11.6 Å². The largest absolute Gasteiger partial charge is 0.433 e. The van der Waals surface area contributed by atoms with Gasteiger partial charge in [0, 0.05) is 24.2 Å². The van der Waals surface area contributed by atoms with Crippen molar-refractivity contribution in [2.75, 3.05) is 18.3 Å². The Morgan fingerprint density at radius 3 is 2.53 bits per heavy atom. The van der Waals surface area contributed by atoms with Gasteiger partial charge in [-0.25, -0.2) is 18.5 Å². The van der Waals surface area contributed by atoms with Crippen molar-refractivity contribution in [2.45, 2.75) is 19.2 Å². The van der Waals surface area contributed by atoms with Gasteiger partial charge >= 0.3 is 11.4 Å².